The summed E-state index contributed by atoms with van der Waals surface area (Å²) in [5.41, 5.74) is 1.75. The van der Waals surface area contributed by atoms with Crippen molar-refractivity contribution in [2.75, 3.05) is 23.7 Å². The van der Waals surface area contributed by atoms with Crippen LogP contribution in [-0.4, -0.2) is 50.5 Å². The number of amides is 2. The van der Waals surface area contributed by atoms with Gasteiger partial charge in [0.25, 0.3) is 0 Å². The van der Waals surface area contributed by atoms with Gasteiger partial charge in [0.1, 0.15) is 18.4 Å². The number of carbonyl (C=O) groups is 2. The predicted molar refractivity (Wildman–Crippen MR) is 157 cm³/mol. The van der Waals surface area contributed by atoms with Crippen molar-refractivity contribution in [2.45, 2.75) is 45.7 Å². The van der Waals surface area contributed by atoms with Gasteiger partial charge in [-0.1, -0.05) is 79.5 Å². The van der Waals surface area contributed by atoms with E-state index in [4.69, 9.17) is 11.6 Å². The number of halogens is 2. The number of benzene rings is 3. The van der Waals surface area contributed by atoms with Crippen LogP contribution in [0.15, 0.2) is 72.8 Å². The molecule has 0 saturated carbocycles. The maximum absolute atomic E-state index is 14.8. The average Bonchev–Trinajstić information content (AvgIpc) is 2.92. The first-order chi connectivity index (χ1) is 19.0. The molecule has 0 aliphatic carbocycles. The zero-order chi connectivity index (χ0) is 29.3. The Morgan fingerprint density at radius 1 is 1.00 bits per heavy atom. The minimum atomic E-state index is -3.94. The van der Waals surface area contributed by atoms with Crippen molar-refractivity contribution in [3.63, 3.8) is 0 Å². The van der Waals surface area contributed by atoms with Crippen molar-refractivity contribution in [1.29, 1.82) is 0 Å². The fourth-order valence-corrected chi connectivity index (χ4v) is 5.40. The van der Waals surface area contributed by atoms with Crippen LogP contribution in [0.3, 0.4) is 0 Å². The Kier molecular flexibility index (Phi) is 11.1. The Hall–Kier alpha value is -3.43. The van der Waals surface area contributed by atoms with E-state index in [1.807, 2.05) is 37.3 Å². The van der Waals surface area contributed by atoms with Crippen molar-refractivity contribution in [1.82, 2.24) is 10.2 Å². The lowest BCUT2D eigenvalue weighted by Gasteiger charge is -2.34. The molecule has 0 spiro atoms. The van der Waals surface area contributed by atoms with Crippen LogP contribution in [0.1, 0.15) is 36.5 Å². The first-order valence-electron chi connectivity index (χ1n) is 13.1. The highest BCUT2D eigenvalue weighted by Crippen LogP contribution is 2.28. The Bertz CT molecular complexity index is 1420. The number of unbranched alkanes of at least 4 members (excludes halogenated alkanes) is 1. The molecular weight excluding hydrogens is 553 g/mol. The maximum atomic E-state index is 14.8. The number of hydrogen-bond acceptors (Lipinski definition) is 4. The molecule has 7 nitrogen and oxygen atoms in total. The van der Waals surface area contributed by atoms with Gasteiger partial charge >= 0.3 is 0 Å². The zero-order valence-electron chi connectivity index (χ0n) is 22.9. The molecule has 0 aliphatic heterocycles. The van der Waals surface area contributed by atoms with Crippen molar-refractivity contribution in [3.05, 3.63) is 100 Å². The molecule has 0 aromatic heterocycles. The molecule has 2 amide bonds. The van der Waals surface area contributed by atoms with E-state index < -0.39 is 40.2 Å². The van der Waals surface area contributed by atoms with E-state index in [9.17, 15) is 22.4 Å². The van der Waals surface area contributed by atoms with Gasteiger partial charge in [0.05, 0.1) is 11.9 Å². The molecule has 214 valence electrons. The van der Waals surface area contributed by atoms with Crippen LogP contribution < -0.4 is 9.62 Å². The molecule has 0 bridgehead atoms. The molecule has 3 aromatic rings. The molecule has 1 unspecified atom stereocenters. The number of anilines is 1. The summed E-state index contributed by atoms with van der Waals surface area (Å²) in [5, 5.41) is 3.24. The molecule has 3 rings (SSSR count). The van der Waals surface area contributed by atoms with Gasteiger partial charge in [-0.2, -0.15) is 0 Å². The van der Waals surface area contributed by atoms with Crippen LogP contribution in [0.4, 0.5) is 10.1 Å². The molecule has 40 heavy (non-hydrogen) atoms. The lowest BCUT2D eigenvalue weighted by atomic mass is 10.0. The van der Waals surface area contributed by atoms with Gasteiger partial charge in [-0.05, 0) is 42.7 Å². The lowest BCUT2D eigenvalue weighted by Crippen LogP contribution is -2.53. The summed E-state index contributed by atoms with van der Waals surface area (Å²) in [5.74, 6) is -1.58. The molecule has 3 aromatic carbocycles. The zero-order valence-corrected chi connectivity index (χ0v) is 24.5. The van der Waals surface area contributed by atoms with E-state index in [1.165, 1.54) is 17.0 Å². The van der Waals surface area contributed by atoms with Crippen LogP contribution in [0.5, 0.6) is 0 Å². The summed E-state index contributed by atoms with van der Waals surface area (Å²) >= 11 is 6.26. The fraction of sp³-hybridized carbons (Fsp3) is 0.333. The number of sulfonamides is 1. The van der Waals surface area contributed by atoms with Gasteiger partial charge in [0.15, 0.2) is 0 Å². The third-order valence-electron chi connectivity index (χ3n) is 6.59. The summed E-state index contributed by atoms with van der Waals surface area (Å²) in [7, 11) is -3.94. The van der Waals surface area contributed by atoms with Crippen molar-refractivity contribution in [3.8, 4) is 0 Å². The van der Waals surface area contributed by atoms with E-state index in [0.717, 1.165) is 29.0 Å². The van der Waals surface area contributed by atoms with Gasteiger partial charge in [0.2, 0.25) is 21.8 Å². The first kappa shape index (κ1) is 31.1. The van der Waals surface area contributed by atoms with Gasteiger partial charge < -0.3 is 10.2 Å². The monoisotopic (exact) mass is 587 g/mol. The topological polar surface area (TPSA) is 86.8 Å². The third-order valence-corrected chi connectivity index (χ3v) is 8.12. The summed E-state index contributed by atoms with van der Waals surface area (Å²) in [6, 6.07) is 19.0. The first-order valence-corrected chi connectivity index (χ1v) is 15.3. The van der Waals surface area contributed by atoms with Gasteiger partial charge in [-0.3, -0.25) is 13.9 Å². The number of rotatable bonds is 13. The summed E-state index contributed by atoms with van der Waals surface area (Å²) < 4.78 is 41.6. The molecule has 10 heteroatoms. The van der Waals surface area contributed by atoms with Crippen molar-refractivity contribution < 1.29 is 22.4 Å². The Balaban J connectivity index is 2.07. The largest absolute Gasteiger partial charge is 0.354 e. The van der Waals surface area contributed by atoms with Crippen LogP contribution >= 0.6 is 11.6 Å². The maximum Gasteiger partial charge on any atom is 0.244 e. The molecule has 0 aliphatic rings. The Labute approximate surface area is 241 Å². The summed E-state index contributed by atoms with van der Waals surface area (Å²) in [6.07, 6.45) is 2.78. The van der Waals surface area contributed by atoms with Crippen molar-refractivity contribution >= 4 is 39.1 Å². The standard InChI is InChI=1S/C30H35ClFN3O4S/c1-4-5-18-33-30(37)28(19-23-12-7-6-8-13-23)34(20-24-14-9-10-16-26(24)32)29(36)21-35(40(3,38)39)27-17-11-15-25(31)22(27)2/h6-17,28H,4-5,18-21H2,1-3H3,(H,33,37). The second-order valence-corrected chi connectivity index (χ2v) is 11.9. The molecule has 1 N–H and O–H groups in total. The number of nitrogens with one attached hydrogen (secondary N) is 1. The summed E-state index contributed by atoms with van der Waals surface area (Å²) in [4.78, 5) is 28.9. The molecular formula is C30H35ClFN3O4S. The fourth-order valence-electron chi connectivity index (χ4n) is 4.33. The normalized spacial score (nSPS) is 12.0. The highest BCUT2D eigenvalue weighted by atomic mass is 35.5. The van der Waals surface area contributed by atoms with E-state index >= 15 is 0 Å². The summed E-state index contributed by atoms with van der Waals surface area (Å²) in [6.45, 7) is 3.26. The minimum absolute atomic E-state index is 0.161. The highest BCUT2D eigenvalue weighted by molar-refractivity contribution is 7.92. The quantitative estimate of drug-likeness (QED) is 0.282. The van der Waals surface area contributed by atoms with Crippen LogP contribution in [0.25, 0.3) is 0 Å². The molecule has 0 saturated heterocycles. The third kappa shape index (κ3) is 8.29. The van der Waals surface area contributed by atoms with Gasteiger partial charge in [0, 0.05) is 30.1 Å². The van der Waals surface area contributed by atoms with E-state index in [2.05, 4.69) is 5.32 Å². The molecule has 0 fully saturated rings. The smallest absolute Gasteiger partial charge is 0.244 e. The Morgan fingerprint density at radius 2 is 1.68 bits per heavy atom. The van der Waals surface area contributed by atoms with Crippen LogP contribution in [-0.2, 0) is 32.6 Å². The highest BCUT2D eigenvalue weighted by Gasteiger charge is 2.33. The second-order valence-electron chi connectivity index (χ2n) is 9.62. The number of hydrogen-bond donors (Lipinski definition) is 1. The SMILES string of the molecule is CCCCNC(=O)C(Cc1ccccc1)N(Cc1ccccc1F)C(=O)CN(c1cccc(Cl)c1C)S(C)(=O)=O. The molecule has 0 heterocycles. The van der Waals surface area contributed by atoms with Gasteiger partial charge in [-0.15, -0.1) is 0 Å². The molecule has 1 atom stereocenters. The van der Waals surface area contributed by atoms with Crippen LogP contribution in [0, 0.1) is 12.7 Å². The predicted octanol–water partition coefficient (Wildman–Crippen LogP) is 5.11. The average molecular weight is 588 g/mol. The Morgan fingerprint density at radius 3 is 2.33 bits per heavy atom. The van der Waals surface area contributed by atoms with Gasteiger partial charge in [-0.25, -0.2) is 12.8 Å². The van der Waals surface area contributed by atoms with Crippen LogP contribution in [0.2, 0.25) is 5.02 Å². The molecule has 0 radical (unpaired) electrons. The van der Waals surface area contributed by atoms with E-state index in [1.54, 1.807) is 37.3 Å². The van der Waals surface area contributed by atoms with E-state index in [-0.39, 0.29) is 24.2 Å². The minimum Gasteiger partial charge on any atom is -0.354 e. The number of nitrogens with zero attached hydrogens (tertiary/aromatic N) is 2. The second kappa shape index (κ2) is 14.3. The van der Waals surface area contributed by atoms with E-state index in [0.29, 0.717) is 17.1 Å². The lowest BCUT2D eigenvalue weighted by molar-refractivity contribution is -0.140. The number of carbonyl (C=O) groups excluding carboxylic acids is 2. The van der Waals surface area contributed by atoms with Crippen molar-refractivity contribution in [2.24, 2.45) is 0 Å².